The third-order valence-corrected chi connectivity index (χ3v) is 4.79. The van der Waals surface area contributed by atoms with Crippen LogP contribution in [0.2, 0.25) is 0 Å². The zero-order valence-electron chi connectivity index (χ0n) is 14.3. The van der Waals surface area contributed by atoms with Crippen molar-refractivity contribution in [3.63, 3.8) is 0 Å². The van der Waals surface area contributed by atoms with E-state index in [9.17, 15) is 4.79 Å². The molecule has 122 valence electrons. The number of rotatable bonds is 4. The zero-order chi connectivity index (χ0) is 15.6. The number of nitrogens with zero attached hydrogens (tertiary/aromatic N) is 1. The quantitative estimate of drug-likeness (QED) is 0.860. The van der Waals surface area contributed by atoms with E-state index in [-0.39, 0.29) is 6.09 Å². The minimum atomic E-state index is -0.402. The summed E-state index contributed by atoms with van der Waals surface area (Å²) >= 11 is 0. The van der Waals surface area contributed by atoms with E-state index < -0.39 is 5.60 Å². The molecular weight excluding hydrogens is 264 g/mol. The van der Waals surface area contributed by atoms with Gasteiger partial charge in [0.05, 0.1) is 0 Å². The third kappa shape index (κ3) is 4.12. The van der Waals surface area contributed by atoms with Gasteiger partial charge in [0.25, 0.3) is 0 Å². The minimum Gasteiger partial charge on any atom is -0.444 e. The monoisotopic (exact) mass is 296 g/mol. The van der Waals surface area contributed by atoms with Crippen LogP contribution in [-0.2, 0) is 4.74 Å². The number of amides is 1. The van der Waals surface area contributed by atoms with Crippen LogP contribution >= 0.6 is 0 Å². The Morgan fingerprint density at radius 3 is 2.14 bits per heavy atom. The molecule has 0 aliphatic carbocycles. The van der Waals surface area contributed by atoms with Crippen molar-refractivity contribution in [3.8, 4) is 0 Å². The first-order chi connectivity index (χ1) is 9.84. The molecule has 0 spiro atoms. The summed E-state index contributed by atoms with van der Waals surface area (Å²) in [5, 5.41) is 3.79. The molecule has 0 aromatic carbocycles. The van der Waals surface area contributed by atoms with E-state index in [2.05, 4.69) is 19.2 Å². The van der Waals surface area contributed by atoms with Crippen LogP contribution in [0.25, 0.3) is 0 Å². The van der Waals surface area contributed by atoms with Gasteiger partial charge in [0, 0.05) is 24.2 Å². The van der Waals surface area contributed by atoms with Crippen molar-refractivity contribution in [1.82, 2.24) is 10.2 Å². The van der Waals surface area contributed by atoms with Gasteiger partial charge in [-0.05, 0) is 59.3 Å². The van der Waals surface area contributed by atoms with Crippen molar-refractivity contribution in [2.45, 2.75) is 103 Å². The van der Waals surface area contributed by atoms with Gasteiger partial charge in [0.2, 0.25) is 0 Å². The number of carbonyl (C=O) groups is 1. The summed E-state index contributed by atoms with van der Waals surface area (Å²) in [6, 6.07) is 1.91. The van der Waals surface area contributed by atoms with E-state index in [1.54, 1.807) is 0 Å². The second-order valence-electron chi connectivity index (χ2n) is 7.62. The lowest BCUT2D eigenvalue weighted by molar-refractivity contribution is 0.00423. The van der Waals surface area contributed by atoms with Crippen LogP contribution < -0.4 is 5.32 Å². The highest BCUT2D eigenvalue weighted by atomic mass is 16.6. The number of hydrogen-bond acceptors (Lipinski definition) is 3. The van der Waals surface area contributed by atoms with Crippen molar-refractivity contribution in [1.29, 1.82) is 0 Å². The standard InChI is InChI=1S/C17H32N2O2/c1-6-12(7-2)18-13-10-14-8-9-15(11-13)19(14)16(20)21-17(3,4)5/h12-15,18H,6-11H2,1-5H3. The van der Waals surface area contributed by atoms with Crippen molar-refractivity contribution >= 4 is 6.09 Å². The van der Waals surface area contributed by atoms with E-state index >= 15 is 0 Å². The lowest BCUT2D eigenvalue weighted by Gasteiger charge is -2.40. The highest BCUT2D eigenvalue weighted by Gasteiger charge is 2.44. The first-order valence-electron chi connectivity index (χ1n) is 8.61. The van der Waals surface area contributed by atoms with E-state index in [1.165, 1.54) is 12.8 Å². The molecule has 2 fully saturated rings. The van der Waals surface area contributed by atoms with E-state index in [0.717, 1.165) is 25.7 Å². The molecule has 4 heteroatoms. The van der Waals surface area contributed by atoms with E-state index in [0.29, 0.717) is 24.2 Å². The first-order valence-corrected chi connectivity index (χ1v) is 8.61. The first kappa shape index (κ1) is 16.6. The number of ether oxygens (including phenoxy) is 1. The van der Waals surface area contributed by atoms with Crippen LogP contribution in [0.15, 0.2) is 0 Å². The predicted molar refractivity (Wildman–Crippen MR) is 85.4 cm³/mol. The number of nitrogens with one attached hydrogen (secondary N) is 1. The molecule has 1 N–H and O–H groups in total. The van der Waals surface area contributed by atoms with Crippen LogP contribution in [0.4, 0.5) is 4.79 Å². The summed E-state index contributed by atoms with van der Waals surface area (Å²) in [6.07, 6.45) is 6.65. The van der Waals surface area contributed by atoms with Crippen molar-refractivity contribution in [2.24, 2.45) is 0 Å². The van der Waals surface area contributed by atoms with E-state index in [1.807, 2.05) is 25.7 Å². The maximum Gasteiger partial charge on any atom is 0.410 e. The van der Waals surface area contributed by atoms with Crippen molar-refractivity contribution in [3.05, 3.63) is 0 Å². The molecule has 1 amide bonds. The molecule has 2 aliphatic rings. The smallest absolute Gasteiger partial charge is 0.410 e. The van der Waals surface area contributed by atoms with Gasteiger partial charge in [0.15, 0.2) is 0 Å². The van der Waals surface area contributed by atoms with Gasteiger partial charge in [-0.25, -0.2) is 4.79 Å². The summed E-state index contributed by atoms with van der Waals surface area (Å²) < 4.78 is 5.58. The molecule has 0 aromatic rings. The fourth-order valence-electron chi connectivity index (χ4n) is 3.78. The Morgan fingerprint density at radius 2 is 1.71 bits per heavy atom. The van der Waals surface area contributed by atoms with Crippen LogP contribution in [0, 0.1) is 0 Å². The summed E-state index contributed by atoms with van der Waals surface area (Å²) in [6.45, 7) is 10.3. The lowest BCUT2D eigenvalue weighted by Crippen LogP contribution is -2.54. The summed E-state index contributed by atoms with van der Waals surface area (Å²) in [5.74, 6) is 0. The molecule has 0 saturated carbocycles. The average molecular weight is 296 g/mol. The number of carbonyl (C=O) groups excluding carboxylic acids is 1. The Labute approximate surface area is 129 Å². The molecule has 2 aliphatic heterocycles. The van der Waals surface area contributed by atoms with Gasteiger partial charge in [0.1, 0.15) is 5.60 Å². The molecule has 0 aromatic heterocycles. The van der Waals surface area contributed by atoms with Gasteiger partial charge in [-0.3, -0.25) is 0 Å². The second-order valence-corrected chi connectivity index (χ2v) is 7.62. The van der Waals surface area contributed by atoms with Crippen molar-refractivity contribution in [2.75, 3.05) is 0 Å². The Morgan fingerprint density at radius 1 is 1.19 bits per heavy atom. The van der Waals surface area contributed by atoms with Gasteiger partial charge < -0.3 is 15.0 Å². The predicted octanol–water partition coefficient (Wildman–Crippen LogP) is 3.70. The van der Waals surface area contributed by atoms with Crippen LogP contribution in [0.5, 0.6) is 0 Å². The lowest BCUT2D eigenvalue weighted by atomic mass is 9.96. The normalized spacial score (nSPS) is 29.0. The molecule has 2 heterocycles. The highest BCUT2D eigenvalue weighted by molar-refractivity contribution is 5.69. The van der Waals surface area contributed by atoms with Gasteiger partial charge in [-0.2, -0.15) is 0 Å². The fourth-order valence-corrected chi connectivity index (χ4v) is 3.78. The molecule has 4 nitrogen and oxygen atoms in total. The Hall–Kier alpha value is -0.770. The van der Waals surface area contributed by atoms with Crippen LogP contribution in [-0.4, -0.2) is 40.8 Å². The highest BCUT2D eigenvalue weighted by Crippen LogP contribution is 2.37. The molecule has 2 saturated heterocycles. The minimum absolute atomic E-state index is 0.115. The molecule has 2 unspecified atom stereocenters. The molecule has 0 radical (unpaired) electrons. The molecule has 21 heavy (non-hydrogen) atoms. The van der Waals surface area contributed by atoms with Crippen LogP contribution in [0.3, 0.4) is 0 Å². The van der Waals surface area contributed by atoms with Gasteiger partial charge in [-0.15, -0.1) is 0 Å². The topological polar surface area (TPSA) is 41.6 Å². The number of hydrogen-bond donors (Lipinski definition) is 1. The Balaban J connectivity index is 1.94. The maximum absolute atomic E-state index is 12.4. The SMILES string of the molecule is CCC(CC)NC1CC2CCC(C1)N2C(=O)OC(C)(C)C. The van der Waals surface area contributed by atoms with Crippen LogP contribution in [0.1, 0.15) is 73.1 Å². The maximum atomic E-state index is 12.4. The Kier molecular flexibility index (Phi) is 5.18. The fraction of sp³-hybridized carbons (Fsp3) is 0.941. The molecule has 2 atom stereocenters. The number of fused-ring (bicyclic) bond motifs is 2. The second kappa shape index (κ2) is 6.55. The third-order valence-electron chi connectivity index (χ3n) is 4.79. The average Bonchev–Trinajstić information content (AvgIpc) is 2.66. The van der Waals surface area contributed by atoms with E-state index in [4.69, 9.17) is 4.74 Å². The van der Waals surface area contributed by atoms with Crippen molar-refractivity contribution < 1.29 is 9.53 Å². The molecule has 2 bridgehead atoms. The largest absolute Gasteiger partial charge is 0.444 e. The number of piperidine rings is 1. The Bertz CT molecular complexity index is 346. The summed E-state index contributed by atoms with van der Waals surface area (Å²) in [4.78, 5) is 14.4. The van der Waals surface area contributed by atoms with Gasteiger partial charge >= 0.3 is 6.09 Å². The zero-order valence-corrected chi connectivity index (χ0v) is 14.3. The summed E-state index contributed by atoms with van der Waals surface area (Å²) in [7, 11) is 0. The molecular formula is C17H32N2O2. The van der Waals surface area contributed by atoms with Gasteiger partial charge in [-0.1, -0.05) is 13.8 Å². The summed E-state index contributed by atoms with van der Waals surface area (Å²) in [5.41, 5.74) is -0.402. The molecule has 2 rings (SSSR count).